The quantitative estimate of drug-likeness (QED) is 0.202. The molecule has 7 nitrogen and oxygen atoms in total. The van der Waals surface area contributed by atoms with Crippen molar-refractivity contribution in [2.75, 3.05) is 65.1 Å². The Hall–Kier alpha value is -3.10. The Balaban J connectivity index is 1.08. The summed E-state index contributed by atoms with van der Waals surface area (Å²) < 4.78 is 29.1. The Labute approximate surface area is 257 Å². The summed E-state index contributed by atoms with van der Waals surface area (Å²) in [6, 6.07) is 23.4. The molecule has 3 aromatic rings. The van der Waals surface area contributed by atoms with Crippen molar-refractivity contribution in [3.63, 3.8) is 0 Å². The van der Waals surface area contributed by atoms with E-state index in [1.165, 1.54) is 28.8 Å². The third kappa shape index (κ3) is 8.96. The Kier molecular flexibility index (Phi) is 12.1. The molecule has 2 heterocycles. The molecule has 0 aliphatic carbocycles. The molecular weight excluding hydrogens is 540 g/mol. The first-order valence-electron chi connectivity index (χ1n) is 15.9. The number of nitrogens with zero attached hydrogens (tertiary/aromatic N) is 1. The van der Waals surface area contributed by atoms with Gasteiger partial charge in [0.05, 0.1) is 39.6 Å². The molecule has 3 aromatic carbocycles. The molecule has 43 heavy (non-hydrogen) atoms. The molecule has 0 aromatic heterocycles. The Morgan fingerprint density at radius 2 is 1.79 bits per heavy atom. The lowest BCUT2D eigenvalue weighted by atomic mass is 9.87. The lowest BCUT2D eigenvalue weighted by Gasteiger charge is -2.33. The molecule has 0 amide bonds. The number of piperidine rings is 1. The number of benzene rings is 3. The molecule has 0 saturated carbocycles. The third-order valence-electron chi connectivity index (χ3n) is 8.49. The summed E-state index contributed by atoms with van der Waals surface area (Å²) >= 11 is 0. The minimum absolute atomic E-state index is 0.134. The van der Waals surface area contributed by atoms with Gasteiger partial charge in [0.2, 0.25) is 0 Å². The van der Waals surface area contributed by atoms with Crippen LogP contribution in [0.25, 0.3) is 0 Å². The van der Waals surface area contributed by atoms with Crippen molar-refractivity contribution >= 4 is 5.69 Å². The highest BCUT2D eigenvalue weighted by atomic mass is 16.5. The summed E-state index contributed by atoms with van der Waals surface area (Å²) in [6.07, 6.45) is 5.45. The fourth-order valence-corrected chi connectivity index (χ4v) is 6.17. The molecule has 0 spiro atoms. The minimum atomic E-state index is 0.134. The first-order valence-corrected chi connectivity index (χ1v) is 15.9. The number of hydrogen-bond donors (Lipinski definition) is 1. The predicted molar refractivity (Wildman–Crippen MR) is 171 cm³/mol. The number of aryl methyl sites for hydroxylation is 1. The topological polar surface area (TPSA) is 61.4 Å². The maximum atomic E-state index is 6.59. The van der Waals surface area contributed by atoms with E-state index in [4.69, 9.17) is 23.7 Å². The highest BCUT2D eigenvalue weighted by molar-refractivity contribution is 5.57. The molecule has 0 bridgehead atoms. The van der Waals surface area contributed by atoms with E-state index in [0.717, 1.165) is 75.5 Å². The van der Waals surface area contributed by atoms with Crippen molar-refractivity contribution in [2.24, 2.45) is 0 Å². The molecule has 2 aliphatic heterocycles. The van der Waals surface area contributed by atoms with E-state index in [-0.39, 0.29) is 6.10 Å². The van der Waals surface area contributed by atoms with Gasteiger partial charge in [-0.25, -0.2) is 0 Å². The molecule has 2 unspecified atom stereocenters. The van der Waals surface area contributed by atoms with E-state index in [2.05, 4.69) is 52.7 Å². The average molecular weight is 589 g/mol. The predicted octanol–water partition coefficient (Wildman–Crippen LogP) is 6.13. The summed E-state index contributed by atoms with van der Waals surface area (Å²) in [7, 11) is 3.46. The Morgan fingerprint density at radius 3 is 2.65 bits per heavy atom. The van der Waals surface area contributed by atoms with Crippen LogP contribution in [0.2, 0.25) is 0 Å². The van der Waals surface area contributed by atoms with E-state index in [1.54, 1.807) is 14.2 Å². The molecule has 232 valence electrons. The summed E-state index contributed by atoms with van der Waals surface area (Å²) in [5.41, 5.74) is 6.45. The van der Waals surface area contributed by atoms with Crippen molar-refractivity contribution in [3.05, 3.63) is 89.0 Å². The SMILES string of the molecule is COCCCN1CCCc2ccc(COC3CNCCC3c3ccc(OCCCOCc4ccccc4OC)cc3)cc21. The molecule has 2 atom stereocenters. The number of fused-ring (bicyclic) bond motifs is 1. The lowest BCUT2D eigenvalue weighted by molar-refractivity contribution is 0.0106. The van der Waals surface area contributed by atoms with Gasteiger partial charge in [-0.15, -0.1) is 0 Å². The van der Waals surface area contributed by atoms with Crippen LogP contribution < -0.4 is 19.7 Å². The molecule has 7 heteroatoms. The molecule has 0 radical (unpaired) electrons. The van der Waals surface area contributed by atoms with Gasteiger partial charge >= 0.3 is 0 Å². The van der Waals surface area contributed by atoms with E-state index in [9.17, 15) is 0 Å². The zero-order chi connectivity index (χ0) is 29.7. The Bertz CT molecular complexity index is 1250. The number of para-hydroxylation sites is 1. The summed E-state index contributed by atoms with van der Waals surface area (Å²) in [5.74, 6) is 2.12. The van der Waals surface area contributed by atoms with Crippen molar-refractivity contribution in [3.8, 4) is 11.5 Å². The smallest absolute Gasteiger partial charge is 0.124 e. The second kappa shape index (κ2) is 16.7. The fraction of sp³-hybridized carbons (Fsp3) is 0.500. The van der Waals surface area contributed by atoms with E-state index in [1.807, 2.05) is 24.3 Å². The molecular formula is C36H48N2O5. The van der Waals surface area contributed by atoms with Crippen LogP contribution in [-0.2, 0) is 33.8 Å². The zero-order valence-corrected chi connectivity index (χ0v) is 25.9. The van der Waals surface area contributed by atoms with Gasteiger partial charge in [0, 0.05) is 56.9 Å². The van der Waals surface area contributed by atoms with Crippen molar-refractivity contribution < 1.29 is 23.7 Å². The van der Waals surface area contributed by atoms with Gasteiger partial charge in [-0.1, -0.05) is 42.5 Å². The molecule has 1 fully saturated rings. The van der Waals surface area contributed by atoms with Crippen LogP contribution in [0, 0.1) is 0 Å². The van der Waals surface area contributed by atoms with Gasteiger partial charge in [0.25, 0.3) is 0 Å². The first kappa shape index (κ1) is 31.3. The highest BCUT2D eigenvalue weighted by Crippen LogP contribution is 2.32. The average Bonchev–Trinajstić information content (AvgIpc) is 3.06. The van der Waals surface area contributed by atoms with Crippen LogP contribution in [0.3, 0.4) is 0 Å². The molecule has 1 saturated heterocycles. The van der Waals surface area contributed by atoms with Gasteiger partial charge in [0.1, 0.15) is 11.5 Å². The molecule has 2 aliphatic rings. The lowest BCUT2D eigenvalue weighted by Crippen LogP contribution is -2.41. The van der Waals surface area contributed by atoms with Crippen molar-refractivity contribution in [1.29, 1.82) is 0 Å². The minimum Gasteiger partial charge on any atom is -0.496 e. The normalized spacial score (nSPS) is 18.3. The first-order chi connectivity index (χ1) is 21.2. The fourth-order valence-electron chi connectivity index (χ4n) is 6.17. The van der Waals surface area contributed by atoms with Crippen LogP contribution in [0.1, 0.15) is 53.9 Å². The summed E-state index contributed by atoms with van der Waals surface area (Å²) in [4.78, 5) is 2.52. The van der Waals surface area contributed by atoms with Crippen molar-refractivity contribution in [2.45, 2.75) is 57.3 Å². The van der Waals surface area contributed by atoms with Crippen LogP contribution in [0.5, 0.6) is 11.5 Å². The Morgan fingerprint density at radius 1 is 0.907 bits per heavy atom. The monoisotopic (exact) mass is 588 g/mol. The molecule has 1 N–H and O–H groups in total. The van der Waals surface area contributed by atoms with Gasteiger partial charge in [0.15, 0.2) is 0 Å². The largest absolute Gasteiger partial charge is 0.496 e. The number of nitrogens with one attached hydrogen (secondary N) is 1. The van der Waals surface area contributed by atoms with Gasteiger partial charge in [-0.3, -0.25) is 0 Å². The number of ether oxygens (including phenoxy) is 5. The second-order valence-electron chi connectivity index (χ2n) is 11.5. The molecule has 5 rings (SSSR count). The van der Waals surface area contributed by atoms with Gasteiger partial charge in [-0.2, -0.15) is 0 Å². The maximum Gasteiger partial charge on any atom is 0.124 e. The number of methoxy groups -OCH3 is 2. The summed E-state index contributed by atoms with van der Waals surface area (Å²) in [6.45, 7) is 7.26. The number of hydrogen-bond acceptors (Lipinski definition) is 7. The highest BCUT2D eigenvalue weighted by Gasteiger charge is 2.27. The van der Waals surface area contributed by atoms with Crippen LogP contribution in [0.4, 0.5) is 5.69 Å². The summed E-state index contributed by atoms with van der Waals surface area (Å²) in [5, 5.41) is 3.54. The van der Waals surface area contributed by atoms with Crippen molar-refractivity contribution in [1.82, 2.24) is 5.32 Å². The zero-order valence-electron chi connectivity index (χ0n) is 25.9. The van der Waals surface area contributed by atoms with Crippen LogP contribution in [0.15, 0.2) is 66.7 Å². The van der Waals surface area contributed by atoms with Crippen LogP contribution in [-0.4, -0.2) is 66.3 Å². The maximum absolute atomic E-state index is 6.59. The third-order valence-corrected chi connectivity index (χ3v) is 8.49. The second-order valence-corrected chi connectivity index (χ2v) is 11.5. The van der Waals surface area contributed by atoms with Gasteiger partial charge < -0.3 is 33.9 Å². The van der Waals surface area contributed by atoms with E-state index in [0.29, 0.717) is 32.3 Å². The van der Waals surface area contributed by atoms with E-state index < -0.39 is 0 Å². The van der Waals surface area contributed by atoms with Gasteiger partial charge in [-0.05, 0) is 73.2 Å². The standard InChI is InChI=1S/C36H48N2O5/c1-39-21-6-20-38-19-5-9-30-12-11-28(24-34(30)38)26-43-36-25-37-18-17-33(36)29-13-15-32(16-14-29)42-23-7-22-41-27-31-8-3-4-10-35(31)40-2/h3-4,8,10-16,24,33,36-37H,5-7,9,17-23,25-27H2,1-2H3. The number of rotatable bonds is 16. The van der Waals surface area contributed by atoms with Crippen LogP contribution >= 0.6 is 0 Å². The number of anilines is 1. The van der Waals surface area contributed by atoms with E-state index >= 15 is 0 Å².